The number of hydrogen-bond donors (Lipinski definition) is 2. The molecule has 0 unspecified atom stereocenters. The number of nitrogens with one attached hydrogen (secondary N) is 2. The minimum Gasteiger partial charge on any atom is -0.322 e. The molecule has 0 spiro atoms. The van der Waals surface area contributed by atoms with Gasteiger partial charge in [-0.2, -0.15) is 5.10 Å². The Bertz CT molecular complexity index is 1430. The molecule has 0 bridgehead atoms. The first-order valence-electron chi connectivity index (χ1n) is 9.65. The Morgan fingerprint density at radius 2 is 1.62 bits per heavy atom. The van der Waals surface area contributed by atoms with Crippen molar-refractivity contribution in [2.24, 2.45) is 7.05 Å². The number of benzene rings is 2. The van der Waals surface area contributed by atoms with Crippen LogP contribution in [0.1, 0.15) is 21.7 Å². The van der Waals surface area contributed by atoms with E-state index in [1.165, 1.54) is 24.3 Å². The highest BCUT2D eigenvalue weighted by atomic mass is 32.2. The number of aromatic nitrogens is 3. The number of carbonyl (C=O) groups is 1. The normalized spacial score (nSPS) is 11.5. The van der Waals surface area contributed by atoms with Gasteiger partial charge in [-0.05, 0) is 68.4 Å². The highest BCUT2D eigenvalue weighted by Crippen LogP contribution is 2.24. The van der Waals surface area contributed by atoms with Gasteiger partial charge in [0.15, 0.2) is 5.65 Å². The van der Waals surface area contributed by atoms with Crippen molar-refractivity contribution in [1.29, 1.82) is 0 Å². The topological polar surface area (TPSA) is 106 Å². The molecule has 8 nitrogen and oxygen atoms in total. The van der Waals surface area contributed by atoms with Crippen LogP contribution in [0.3, 0.4) is 0 Å². The van der Waals surface area contributed by atoms with Crippen molar-refractivity contribution in [1.82, 2.24) is 14.8 Å². The highest BCUT2D eigenvalue weighted by molar-refractivity contribution is 7.92. The maximum atomic E-state index is 13.0. The first-order valence-corrected chi connectivity index (χ1v) is 11.1. The maximum Gasteiger partial charge on any atom is 0.261 e. The van der Waals surface area contributed by atoms with Crippen LogP contribution in [-0.2, 0) is 17.1 Å². The Balaban J connectivity index is 1.54. The van der Waals surface area contributed by atoms with Crippen LogP contribution < -0.4 is 10.0 Å². The van der Waals surface area contributed by atoms with Crippen LogP contribution in [0.25, 0.3) is 11.0 Å². The number of carbonyl (C=O) groups excluding carboxylic acids is 1. The van der Waals surface area contributed by atoms with Crippen LogP contribution in [0.5, 0.6) is 0 Å². The maximum absolute atomic E-state index is 13.0. The van der Waals surface area contributed by atoms with E-state index in [4.69, 9.17) is 0 Å². The quantitative estimate of drug-likeness (QED) is 0.478. The largest absolute Gasteiger partial charge is 0.322 e. The van der Waals surface area contributed by atoms with Crippen molar-refractivity contribution < 1.29 is 17.6 Å². The number of anilines is 2. The monoisotopic (exact) mass is 453 g/mol. The molecule has 4 aromatic rings. The molecule has 0 radical (unpaired) electrons. The van der Waals surface area contributed by atoms with E-state index in [-0.39, 0.29) is 10.8 Å². The lowest BCUT2D eigenvalue weighted by Crippen LogP contribution is -2.14. The first kappa shape index (κ1) is 21.4. The van der Waals surface area contributed by atoms with Gasteiger partial charge >= 0.3 is 0 Å². The molecule has 2 heterocycles. The van der Waals surface area contributed by atoms with Crippen molar-refractivity contribution in [3.63, 3.8) is 0 Å². The second kappa shape index (κ2) is 8.04. The van der Waals surface area contributed by atoms with E-state index < -0.39 is 15.8 Å². The zero-order valence-electron chi connectivity index (χ0n) is 17.5. The summed E-state index contributed by atoms with van der Waals surface area (Å²) in [6.45, 7) is 3.62. The van der Waals surface area contributed by atoms with Crippen molar-refractivity contribution in [2.75, 3.05) is 10.0 Å². The van der Waals surface area contributed by atoms with Gasteiger partial charge < -0.3 is 5.32 Å². The average Bonchev–Trinajstić information content (AvgIpc) is 3.02. The Morgan fingerprint density at radius 1 is 1.00 bits per heavy atom. The fourth-order valence-corrected chi connectivity index (χ4v) is 4.46. The molecule has 0 aliphatic heterocycles. The first-order chi connectivity index (χ1) is 15.1. The van der Waals surface area contributed by atoms with Crippen LogP contribution in [0.4, 0.5) is 15.8 Å². The van der Waals surface area contributed by atoms with E-state index in [0.29, 0.717) is 39.4 Å². The van der Waals surface area contributed by atoms with Crippen LogP contribution in [0.2, 0.25) is 0 Å². The minimum atomic E-state index is -3.86. The standard InChI is InChI=1S/C22H20FN5O3S/c1-13-12-19(20-14(2)26-28(3)21(20)24-13)22(29)25-16-6-8-17(9-7-16)27-32(30,31)18-10-4-15(23)5-11-18/h4-12,27H,1-3H3,(H,25,29). The van der Waals surface area contributed by atoms with Gasteiger partial charge in [0.05, 0.1) is 21.5 Å². The van der Waals surface area contributed by atoms with E-state index in [1.807, 2.05) is 6.92 Å². The third kappa shape index (κ3) is 4.17. The minimum absolute atomic E-state index is 0.0554. The van der Waals surface area contributed by atoms with E-state index >= 15 is 0 Å². The van der Waals surface area contributed by atoms with Crippen molar-refractivity contribution >= 4 is 38.3 Å². The van der Waals surface area contributed by atoms with Crippen molar-refractivity contribution in [2.45, 2.75) is 18.7 Å². The summed E-state index contributed by atoms with van der Waals surface area (Å²) in [7, 11) is -2.09. The second-order valence-corrected chi connectivity index (χ2v) is 8.99. The number of fused-ring (bicyclic) bond motifs is 1. The van der Waals surface area contributed by atoms with Gasteiger partial charge in [0.2, 0.25) is 0 Å². The van der Waals surface area contributed by atoms with Gasteiger partial charge in [0.25, 0.3) is 15.9 Å². The lowest BCUT2D eigenvalue weighted by atomic mass is 10.1. The summed E-state index contributed by atoms with van der Waals surface area (Å²) in [6, 6.07) is 12.5. The highest BCUT2D eigenvalue weighted by Gasteiger charge is 2.18. The predicted octanol–water partition coefficient (Wildman–Crippen LogP) is 3.78. The Hall–Kier alpha value is -3.79. The summed E-state index contributed by atoms with van der Waals surface area (Å²) in [6.07, 6.45) is 0. The zero-order valence-corrected chi connectivity index (χ0v) is 18.4. The number of halogens is 1. The molecule has 4 rings (SSSR count). The number of sulfonamides is 1. The van der Waals surface area contributed by atoms with Crippen LogP contribution in [0.15, 0.2) is 59.5 Å². The molecule has 0 atom stereocenters. The third-order valence-corrected chi connectivity index (χ3v) is 6.26. The summed E-state index contributed by atoms with van der Waals surface area (Å²) in [5, 5.41) is 7.84. The van der Waals surface area contributed by atoms with Gasteiger partial charge in [0, 0.05) is 24.1 Å². The van der Waals surface area contributed by atoms with Crippen LogP contribution >= 0.6 is 0 Å². The molecule has 32 heavy (non-hydrogen) atoms. The zero-order chi connectivity index (χ0) is 23.0. The second-order valence-electron chi connectivity index (χ2n) is 7.31. The molecule has 0 saturated heterocycles. The van der Waals surface area contributed by atoms with E-state index in [9.17, 15) is 17.6 Å². The van der Waals surface area contributed by atoms with E-state index in [0.717, 1.165) is 12.1 Å². The molecule has 0 aliphatic rings. The molecule has 0 fully saturated rings. The van der Waals surface area contributed by atoms with Gasteiger partial charge in [0.1, 0.15) is 5.82 Å². The molecule has 0 aliphatic carbocycles. The average molecular weight is 453 g/mol. The Labute approximate surface area is 184 Å². The van der Waals surface area contributed by atoms with Crippen LogP contribution in [-0.4, -0.2) is 29.1 Å². The molecule has 2 aromatic heterocycles. The van der Waals surface area contributed by atoms with Gasteiger partial charge in [-0.1, -0.05) is 0 Å². The fraction of sp³-hybridized carbons (Fsp3) is 0.136. The van der Waals surface area contributed by atoms with Gasteiger partial charge in [-0.15, -0.1) is 0 Å². The molecular formula is C22H20FN5O3S. The lowest BCUT2D eigenvalue weighted by Gasteiger charge is -2.10. The summed E-state index contributed by atoms with van der Waals surface area (Å²) < 4.78 is 42.0. The molecule has 1 amide bonds. The van der Waals surface area contributed by atoms with Gasteiger partial charge in [-0.3, -0.25) is 14.2 Å². The Kier molecular flexibility index (Phi) is 5.39. The number of rotatable bonds is 5. The molecule has 0 saturated carbocycles. The summed E-state index contributed by atoms with van der Waals surface area (Å²) in [5.41, 5.74) is 3.26. The molecule has 2 N–H and O–H groups in total. The fourth-order valence-electron chi connectivity index (χ4n) is 3.40. The van der Waals surface area contributed by atoms with Gasteiger partial charge in [-0.25, -0.2) is 17.8 Å². The smallest absolute Gasteiger partial charge is 0.261 e. The number of amides is 1. The third-order valence-electron chi connectivity index (χ3n) is 4.86. The summed E-state index contributed by atoms with van der Waals surface area (Å²) >= 11 is 0. The molecule has 2 aromatic carbocycles. The van der Waals surface area contributed by atoms with E-state index in [2.05, 4.69) is 20.1 Å². The Morgan fingerprint density at radius 3 is 2.28 bits per heavy atom. The van der Waals surface area contributed by atoms with Crippen molar-refractivity contribution in [3.05, 3.63) is 77.4 Å². The number of hydrogen-bond acceptors (Lipinski definition) is 5. The SMILES string of the molecule is Cc1cc(C(=O)Nc2ccc(NS(=O)(=O)c3ccc(F)cc3)cc2)c2c(C)nn(C)c2n1. The lowest BCUT2D eigenvalue weighted by molar-refractivity contribution is 0.102. The number of pyridine rings is 1. The molecule has 164 valence electrons. The molecular weight excluding hydrogens is 433 g/mol. The summed E-state index contributed by atoms with van der Waals surface area (Å²) in [5.74, 6) is -0.844. The number of nitrogens with zero attached hydrogens (tertiary/aromatic N) is 3. The number of aryl methyl sites for hydroxylation is 3. The predicted molar refractivity (Wildman–Crippen MR) is 120 cm³/mol. The molecule has 10 heteroatoms. The van der Waals surface area contributed by atoms with E-state index in [1.54, 1.807) is 36.9 Å². The van der Waals surface area contributed by atoms with Crippen LogP contribution in [0, 0.1) is 19.7 Å². The van der Waals surface area contributed by atoms with Crippen molar-refractivity contribution in [3.8, 4) is 0 Å². The summed E-state index contributed by atoms with van der Waals surface area (Å²) in [4.78, 5) is 17.4.